The number of rotatable bonds is 4. The predicted molar refractivity (Wildman–Crippen MR) is 55.6 cm³/mol. The van der Waals surface area contributed by atoms with Gasteiger partial charge in [-0.15, -0.1) is 0 Å². The molecule has 1 fully saturated rings. The summed E-state index contributed by atoms with van der Waals surface area (Å²) in [6, 6.07) is 10.4. The van der Waals surface area contributed by atoms with Crippen LogP contribution in [0.15, 0.2) is 30.3 Å². The number of aryl methyl sites for hydroxylation is 1. The molecule has 0 heterocycles. The number of primary amides is 1. The Labute approximate surface area is 84.1 Å². The van der Waals surface area contributed by atoms with E-state index in [4.69, 9.17) is 5.73 Å². The number of hydrogen-bond donors (Lipinski definition) is 1. The molecule has 0 saturated heterocycles. The second-order valence-corrected chi connectivity index (χ2v) is 4.03. The first-order valence-corrected chi connectivity index (χ1v) is 5.10. The van der Waals surface area contributed by atoms with E-state index in [2.05, 4.69) is 12.1 Å². The standard InChI is InChI=1S/C12H15NO/c13-12(14)11-8-10(11)7-6-9-4-2-1-3-5-9/h1-5,10-11H,6-8H2,(H2,13,14). The van der Waals surface area contributed by atoms with Crippen LogP contribution >= 0.6 is 0 Å². The van der Waals surface area contributed by atoms with Gasteiger partial charge in [0.2, 0.25) is 5.91 Å². The van der Waals surface area contributed by atoms with Gasteiger partial charge < -0.3 is 5.73 Å². The van der Waals surface area contributed by atoms with E-state index in [1.54, 1.807) is 0 Å². The van der Waals surface area contributed by atoms with Crippen molar-refractivity contribution in [2.24, 2.45) is 17.6 Å². The van der Waals surface area contributed by atoms with E-state index in [0.29, 0.717) is 5.92 Å². The lowest BCUT2D eigenvalue weighted by atomic mass is 10.1. The van der Waals surface area contributed by atoms with Crippen LogP contribution in [0, 0.1) is 11.8 Å². The number of benzene rings is 1. The largest absolute Gasteiger partial charge is 0.369 e. The van der Waals surface area contributed by atoms with Crippen LogP contribution in [-0.2, 0) is 11.2 Å². The summed E-state index contributed by atoms with van der Waals surface area (Å²) >= 11 is 0. The zero-order valence-electron chi connectivity index (χ0n) is 8.15. The van der Waals surface area contributed by atoms with Crippen LogP contribution in [0.1, 0.15) is 18.4 Å². The van der Waals surface area contributed by atoms with Crippen LogP contribution in [-0.4, -0.2) is 5.91 Å². The summed E-state index contributed by atoms with van der Waals surface area (Å²) in [6.07, 6.45) is 3.16. The van der Waals surface area contributed by atoms with Crippen LogP contribution in [0.4, 0.5) is 0 Å². The fourth-order valence-electron chi connectivity index (χ4n) is 1.91. The van der Waals surface area contributed by atoms with Gasteiger partial charge in [0.15, 0.2) is 0 Å². The Bertz CT molecular complexity index is 320. The maximum absolute atomic E-state index is 10.8. The highest BCUT2D eigenvalue weighted by atomic mass is 16.1. The Hall–Kier alpha value is -1.31. The molecule has 1 aliphatic carbocycles. The van der Waals surface area contributed by atoms with Crippen molar-refractivity contribution in [1.29, 1.82) is 0 Å². The van der Waals surface area contributed by atoms with Crippen LogP contribution in [0.5, 0.6) is 0 Å². The fourth-order valence-corrected chi connectivity index (χ4v) is 1.91. The Morgan fingerprint density at radius 3 is 2.64 bits per heavy atom. The molecule has 2 unspecified atom stereocenters. The van der Waals surface area contributed by atoms with E-state index in [9.17, 15) is 4.79 Å². The molecule has 0 radical (unpaired) electrons. The van der Waals surface area contributed by atoms with Gasteiger partial charge in [0, 0.05) is 5.92 Å². The molecule has 74 valence electrons. The van der Waals surface area contributed by atoms with Crippen molar-refractivity contribution >= 4 is 5.91 Å². The summed E-state index contributed by atoms with van der Waals surface area (Å²) in [4.78, 5) is 10.8. The quantitative estimate of drug-likeness (QED) is 0.770. The van der Waals surface area contributed by atoms with Gasteiger partial charge in [0.25, 0.3) is 0 Å². The van der Waals surface area contributed by atoms with Gasteiger partial charge in [-0.25, -0.2) is 0 Å². The molecule has 1 aliphatic rings. The maximum atomic E-state index is 10.8. The topological polar surface area (TPSA) is 43.1 Å². The minimum absolute atomic E-state index is 0.122. The normalized spacial score (nSPS) is 24.6. The van der Waals surface area contributed by atoms with E-state index >= 15 is 0 Å². The lowest BCUT2D eigenvalue weighted by Gasteiger charge is -1.99. The lowest BCUT2D eigenvalue weighted by molar-refractivity contribution is -0.119. The average molecular weight is 189 g/mol. The molecule has 2 atom stereocenters. The van der Waals surface area contributed by atoms with Crippen molar-refractivity contribution in [1.82, 2.24) is 0 Å². The number of hydrogen-bond acceptors (Lipinski definition) is 1. The first-order chi connectivity index (χ1) is 6.77. The molecule has 1 aromatic carbocycles. The number of carbonyl (C=O) groups excluding carboxylic acids is 1. The van der Waals surface area contributed by atoms with Crippen LogP contribution < -0.4 is 5.73 Å². The maximum Gasteiger partial charge on any atom is 0.220 e. The lowest BCUT2D eigenvalue weighted by Crippen LogP contribution is -2.14. The van der Waals surface area contributed by atoms with Crippen molar-refractivity contribution in [3.8, 4) is 0 Å². The minimum atomic E-state index is -0.122. The molecule has 1 amide bonds. The smallest absolute Gasteiger partial charge is 0.220 e. The molecule has 0 bridgehead atoms. The van der Waals surface area contributed by atoms with Crippen molar-refractivity contribution in [2.45, 2.75) is 19.3 Å². The van der Waals surface area contributed by atoms with E-state index in [0.717, 1.165) is 19.3 Å². The third kappa shape index (κ3) is 2.13. The van der Waals surface area contributed by atoms with Crippen molar-refractivity contribution in [2.75, 3.05) is 0 Å². The molecule has 1 aromatic rings. The Balaban J connectivity index is 1.77. The highest BCUT2D eigenvalue weighted by Crippen LogP contribution is 2.41. The zero-order chi connectivity index (χ0) is 9.97. The minimum Gasteiger partial charge on any atom is -0.369 e. The molecule has 14 heavy (non-hydrogen) atoms. The summed E-state index contributed by atoms with van der Waals surface area (Å²) in [5.74, 6) is 0.592. The molecular formula is C12H15NO. The third-order valence-electron chi connectivity index (χ3n) is 2.93. The van der Waals surface area contributed by atoms with Crippen LogP contribution in [0.25, 0.3) is 0 Å². The third-order valence-corrected chi connectivity index (χ3v) is 2.93. The Kier molecular flexibility index (Phi) is 2.53. The molecule has 0 aromatic heterocycles. The SMILES string of the molecule is NC(=O)C1CC1CCc1ccccc1. The van der Waals surface area contributed by atoms with Crippen LogP contribution in [0.2, 0.25) is 0 Å². The Morgan fingerprint density at radius 1 is 1.36 bits per heavy atom. The molecule has 0 spiro atoms. The number of amides is 1. The summed E-state index contributed by atoms with van der Waals surface area (Å²) in [6.45, 7) is 0. The Morgan fingerprint density at radius 2 is 2.07 bits per heavy atom. The van der Waals surface area contributed by atoms with Gasteiger partial charge in [-0.3, -0.25) is 4.79 Å². The van der Waals surface area contributed by atoms with Gasteiger partial charge in [0.1, 0.15) is 0 Å². The first kappa shape index (κ1) is 9.25. The first-order valence-electron chi connectivity index (χ1n) is 5.10. The number of carbonyl (C=O) groups is 1. The van der Waals surface area contributed by atoms with E-state index < -0.39 is 0 Å². The highest BCUT2D eigenvalue weighted by molar-refractivity contribution is 5.79. The summed E-state index contributed by atoms with van der Waals surface area (Å²) in [7, 11) is 0. The van der Waals surface area contributed by atoms with E-state index in [1.165, 1.54) is 5.56 Å². The van der Waals surface area contributed by atoms with Crippen molar-refractivity contribution < 1.29 is 4.79 Å². The van der Waals surface area contributed by atoms with Crippen molar-refractivity contribution in [3.05, 3.63) is 35.9 Å². The van der Waals surface area contributed by atoms with Gasteiger partial charge in [-0.2, -0.15) is 0 Å². The monoisotopic (exact) mass is 189 g/mol. The second-order valence-electron chi connectivity index (χ2n) is 4.03. The van der Waals surface area contributed by atoms with E-state index in [-0.39, 0.29) is 11.8 Å². The predicted octanol–water partition coefficient (Wildman–Crippen LogP) is 1.74. The van der Waals surface area contributed by atoms with E-state index in [1.807, 2.05) is 18.2 Å². The van der Waals surface area contributed by atoms with Crippen molar-refractivity contribution in [3.63, 3.8) is 0 Å². The molecular weight excluding hydrogens is 174 g/mol. The molecule has 0 aliphatic heterocycles. The summed E-state index contributed by atoms with van der Waals surface area (Å²) in [5, 5.41) is 0. The second kappa shape index (κ2) is 3.82. The van der Waals surface area contributed by atoms with Gasteiger partial charge >= 0.3 is 0 Å². The highest BCUT2D eigenvalue weighted by Gasteiger charge is 2.40. The molecule has 2 N–H and O–H groups in total. The molecule has 1 saturated carbocycles. The van der Waals surface area contributed by atoms with Crippen LogP contribution in [0.3, 0.4) is 0 Å². The average Bonchev–Trinajstić information content (AvgIpc) is 2.96. The molecule has 2 nitrogen and oxygen atoms in total. The fraction of sp³-hybridized carbons (Fsp3) is 0.417. The molecule has 2 rings (SSSR count). The van der Waals surface area contributed by atoms with Gasteiger partial charge in [-0.05, 0) is 30.7 Å². The van der Waals surface area contributed by atoms with Gasteiger partial charge in [-0.1, -0.05) is 30.3 Å². The summed E-state index contributed by atoms with van der Waals surface area (Å²) < 4.78 is 0. The summed E-state index contributed by atoms with van der Waals surface area (Å²) in [5.41, 5.74) is 6.57. The molecule has 2 heteroatoms. The zero-order valence-corrected chi connectivity index (χ0v) is 8.15. The number of nitrogens with two attached hydrogens (primary N) is 1. The van der Waals surface area contributed by atoms with Gasteiger partial charge in [0.05, 0.1) is 0 Å².